The highest BCUT2D eigenvalue weighted by atomic mass is 32.1. The molecule has 2 rings (SSSR count). The Morgan fingerprint density at radius 3 is 2.24 bits per heavy atom. The third-order valence-electron chi connectivity index (χ3n) is 4.06. The van der Waals surface area contributed by atoms with Crippen LogP contribution in [0.15, 0.2) is 6.07 Å². The van der Waals surface area contributed by atoms with E-state index in [1.807, 2.05) is 0 Å². The molecule has 1 aromatic heterocycles. The molecule has 17 heavy (non-hydrogen) atoms. The van der Waals surface area contributed by atoms with Gasteiger partial charge < -0.3 is 5.11 Å². The molecule has 0 aliphatic heterocycles. The van der Waals surface area contributed by atoms with Gasteiger partial charge in [0.15, 0.2) is 0 Å². The van der Waals surface area contributed by atoms with Gasteiger partial charge in [0.1, 0.15) is 0 Å². The van der Waals surface area contributed by atoms with Crippen molar-refractivity contribution < 1.29 is 5.11 Å². The molecule has 96 valence electrons. The van der Waals surface area contributed by atoms with Crippen LogP contribution in [-0.2, 0) is 0 Å². The molecule has 0 aromatic carbocycles. The van der Waals surface area contributed by atoms with Gasteiger partial charge in [-0.25, -0.2) is 0 Å². The van der Waals surface area contributed by atoms with Gasteiger partial charge in [0, 0.05) is 9.75 Å². The molecule has 2 heteroatoms. The Labute approximate surface area is 109 Å². The van der Waals surface area contributed by atoms with E-state index in [9.17, 15) is 5.11 Å². The molecule has 0 amide bonds. The van der Waals surface area contributed by atoms with Crippen molar-refractivity contribution in [1.29, 1.82) is 0 Å². The zero-order valence-corrected chi connectivity index (χ0v) is 12.2. The van der Waals surface area contributed by atoms with Gasteiger partial charge in [-0.2, -0.15) is 0 Å². The molecule has 1 aromatic rings. The van der Waals surface area contributed by atoms with E-state index in [1.54, 1.807) is 11.3 Å². The molecule has 1 heterocycles. The van der Waals surface area contributed by atoms with Crippen LogP contribution in [0.5, 0.6) is 0 Å². The van der Waals surface area contributed by atoms with Crippen LogP contribution in [0.2, 0.25) is 0 Å². The predicted octanol–water partition coefficient (Wildman–Crippen LogP) is 4.47. The highest BCUT2D eigenvalue weighted by molar-refractivity contribution is 7.12. The molecule has 1 N–H and O–H groups in total. The van der Waals surface area contributed by atoms with Crippen LogP contribution in [0, 0.1) is 31.6 Å². The minimum Gasteiger partial charge on any atom is -0.388 e. The third-order valence-corrected chi connectivity index (χ3v) is 5.04. The number of hydrogen-bond donors (Lipinski definition) is 1. The second kappa shape index (κ2) is 5.11. The highest BCUT2D eigenvalue weighted by Crippen LogP contribution is 2.41. The van der Waals surface area contributed by atoms with Gasteiger partial charge in [-0.1, -0.05) is 13.8 Å². The summed E-state index contributed by atoms with van der Waals surface area (Å²) in [7, 11) is 0. The van der Waals surface area contributed by atoms with Crippen LogP contribution >= 0.6 is 11.3 Å². The Morgan fingerprint density at radius 1 is 1.18 bits per heavy atom. The summed E-state index contributed by atoms with van der Waals surface area (Å²) in [6, 6.07) is 2.18. The van der Waals surface area contributed by atoms with Gasteiger partial charge in [0.25, 0.3) is 0 Å². The van der Waals surface area contributed by atoms with E-state index >= 15 is 0 Å². The number of aryl methyl sites for hydroxylation is 2. The Bertz CT molecular complexity index is 372. The highest BCUT2D eigenvalue weighted by Gasteiger charge is 2.30. The number of hydrogen-bond acceptors (Lipinski definition) is 2. The SMILES string of the molecule is Cc1cc(C(O)C2CC(C)CC(C)C2)c(C)s1. The van der Waals surface area contributed by atoms with Crippen LogP contribution in [0.3, 0.4) is 0 Å². The molecule has 0 saturated heterocycles. The first kappa shape index (κ1) is 13.1. The summed E-state index contributed by atoms with van der Waals surface area (Å²) in [5.74, 6) is 1.98. The molecule has 3 unspecified atom stereocenters. The monoisotopic (exact) mass is 252 g/mol. The van der Waals surface area contributed by atoms with Gasteiger partial charge in [0.05, 0.1) is 6.10 Å². The normalized spacial score (nSPS) is 31.5. The summed E-state index contributed by atoms with van der Waals surface area (Å²) in [5.41, 5.74) is 1.18. The molecule has 0 spiro atoms. The molecule has 0 radical (unpaired) electrons. The second-order valence-electron chi connectivity index (χ2n) is 5.99. The average Bonchev–Trinajstić information content (AvgIpc) is 2.55. The van der Waals surface area contributed by atoms with Crippen LogP contribution in [0.4, 0.5) is 0 Å². The third kappa shape index (κ3) is 2.92. The van der Waals surface area contributed by atoms with Crippen LogP contribution in [0.1, 0.15) is 54.5 Å². The summed E-state index contributed by atoms with van der Waals surface area (Å²) in [6.45, 7) is 8.90. The lowest BCUT2D eigenvalue weighted by molar-refractivity contribution is 0.0551. The van der Waals surface area contributed by atoms with Crippen molar-refractivity contribution in [3.8, 4) is 0 Å². The molecule has 1 fully saturated rings. The maximum absolute atomic E-state index is 10.6. The summed E-state index contributed by atoms with van der Waals surface area (Å²) in [6.07, 6.45) is 3.44. The van der Waals surface area contributed by atoms with Gasteiger partial charge in [-0.15, -0.1) is 11.3 Å². The molecule has 1 saturated carbocycles. The molecular weight excluding hydrogens is 228 g/mol. The summed E-state index contributed by atoms with van der Waals surface area (Å²) in [4.78, 5) is 2.61. The molecule has 0 bridgehead atoms. The summed E-state index contributed by atoms with van der Waals surface area (Å²) >= 11 is 1.80. The van der Waals surface area contributed by atoms with Gasteiger partial charge in [-0.3, -0.25) is 0 Å². The molecule has 1 nitrogen and oxygen atoms in total. The van der Waals surface area contributed by atoms with Gasteiger partial charge in [0.2, 0.25) is 0 Å². The lowest BCUT2D eigenvalue weighted by atomic mass is 9.73. The summed E-state index contributed by atoms with van der Waals surface area (Å²) in [5, 5.41) is 10.6. The van der Waals surface area contributed by atoms with Crippen molar-refractivity contribution in [2.24, 2.45) is 17.8 Å². The van der Waals surface area contributed by atoms with Crippen molar-refractivity contribution >= 4 is 11.3 Å². The molecule has 1 aliphatic rings. The fourth-order valence-corrected chi connectivity index (χ4v) is 4.43. The van der Waals surface area contributed by atoms with Crippen molar-refractivity contribution in [3.63, 3.8) is 0 Å². The van der Waals surface area contributed by atoms with Crippen molar-refractivity contribution in [3.05, 3.63) is 21.4 Å². The lowest BCUT2D eigenvalue weighted by Gasteiger charge is -2.34. The number of thiophene rings is 1. The maximum atomic E-state index is 10.6. The Morgan fingerprint density at radius 2 is 1.76 bits per heavy atom. The molecular formula is C15H24OS. The molecule has 3 atom stereocenters. The van der Waals surface area contributed by atoms with E-state index in [0.717, 1.165) is 11.8 Å². The van der Waals surface area contributed by atoms with Crippen LogP contribution in [0.25, 0.3) is 0 Å². The van der Waals surface area contributed by atoms with Crippen molar-refractivity contribution in [2.45, 2.75) is 53.1 Å². The topological polar surface area (TPSA) is 20.2 Å². The molecule has 1 aliphatic carbocycles. The van der Waals surface area contributed by atoms with Gasteiger partial charge >= 0.3 is 0 Å². The fraction of sp³-hybridized carbons (Fsp3) is 0.733. The lowest BCUT2D eigenvalue weighted by Crippen LogP contribution is -2.24. The number of rotatable bonds is 2. The van der Waals surface area contributed by atoms with E-state index in [-0.39, 0.29) is 6.10 Å². The van der Waals surface area contributed by atoms with Crippen molar-refractivity contribution in [2.75, 3.05) is 0 Å². The minimum absolute atomic E-state index is 0.245. The van der Waals surface area contributed by atoms with Crippen LogP contribution in [-0.4, -0.2) is 5.11 Å². The largest absolute Gasteiger partial charge is 0.388 e. The summed E-state index contributed by atoms with van der Waals surface area (Å²) < 4.78 is 0. The first-order valence-corrected chi connectivity index (χ1v) is 7.54. The zero-order chi connectivity index (χ0) is 12.6. The smallest absolute Gasteiger partial charge is 0.0829 e. The standard InChI is InChI=1S/C15H24OS/c1-9-5-10(2)7-13(6-9)15(16)14-8-11(3)17-12(14)4/h8-10,13,15-16H,5-7H2,1-4H3. The first-order valence-electron chi connectivity index (χ1n) is 6.72. The van der Waals surface area contributed by atoms with E-state index in [2.05, 4.69) is 33.8 Å². The minimum atomic E-state index is -0.245. The van der Waals surface area contributed by atoms with E-state index in [1.165, 1.54) is 34.6 Å². The average molecular weight is 252 g/mol. The first-order chi connectivity index (χ1) is 7.97. The predicted molar refractivity (Wildman–Crippen MR) is 74.4 cm³/mol. The fourth-order valence-electron chi connectivity index (χ4n) is 3.47. The number of aliphatic hydroxyl groups excluding tert-OH is 1. The quantitative estimate of drug-likeness (QED) is 0.823. The number of aliphatic hydroxyl groups is 1. The Balaban J connectivity index is 2.14. The second-order valence-corrected chi connectivity index (χ2v) is 7.45. The Hall–Kier alpha value is -0.340. The van der Waals surface area contributed by atoms with Crippen molar-refractivity contribution in [1.82, 2.24) is 0 Å². The van der Waals surface area contributed by atoms with E-state index in [0.29, 0.717) is 5.92 Å². The maximum Gasteiger partial charge on any atom is 0.0829 e. The van der Waals surface area contributed by atoms with Gasteiger partial charge in [-0.05, 0) is 62.5 Å². The van der Waals surface area contributed by atoms with E-state index in [4.69, 9.17) is 0 Å². The van der Waals surface area contributed by atoms with Crippen LogP contribution < -0.4 is 0 Å². The van der Waals surface area contributed by atoms with E-state index < -0.39 is 0 Å². The zero-order valence-electron chi connectivity index (χ0n) is 11.4. The Kier molecular flexibility index (Phi) is 3.94.